The number of halogens is 1. The molecule has 1 atom stereocenters. The van der Waals surface area contributed by atoms with Gasteiger partial charge >= 0.3 is 0 Å². The van der Waals surface area contributed by atoms with Crippen molar-refractivity contribution in [2.24, 2.45) is 0 Å². The predicted molar refractivity (Wildman–Crippen MR) is 82.0 cm³/mol. The lowest BCUT2D eigenvalue weighted by Crippen LogP contribution is -2.36. The van der Waals surface area contributed by atoms with E-state index < -0.39 is 6.10 Å². The maximum absolute atomic E-state index is 12.0. The zero-order valence-corrected chi connectivity index (χ0v) is 13.1. The maximum atomic E-state index is 12.0. The number of carbonyl (C=O) groups is 1. The zero-order chi connectivity index (χ0) is 15.2. The SMILES string of the molecule is CNCc1cc(Cl)cc(OC)c1OC1CCCCNC1=O. The maximum Gasteiger partial charge on any atom is 0.261 e. The van der Waals surface area contributed by atoms with Crippen molar-refractivity contribution in [2.75, 3.05) is 20.7 Å². The standard InChI is InChI=1S/C15H21ClN2O3/c1-17-9-10-7-11(16)8-13(20-2)14(10)21-12-5-3-4-6-18-15(12)19/h7-8,12,17H,3-6,9H2,1-2H3,(H,18,19). The summed E-state index contributed by atoms with van der Waals surface area (Å²) in [6.45, 7) is 1.29. The number of amides is 1. The molecule has 1 aromatic carbocycles. The number of hydrogen-bond acceptors (Lipinski definition) is 4. The van der Waals surface area contributed by atoms with E-state index in [-0.39, 0.29) is 5.91 Å². The van der Waals surface area contributed by atoms with Crippen molar-refractivity contribution in [2.45, 2.75) is 31.9 Å². The minimum atomic E-state index is -0.488. The molecule has 0 aliphatic carbocycles. The fraction of sp³-hybridized carbons (Fsp3) is 0.533. The van der Waals surface area contributed by atoms with Crippen LogP contribution in [0.3, 0.4) is 0 Å². The van der Waals surface area contributed by atoms with E-state index in [1.165, 1.54) is 0 Å². The van der Waals surface area contributed by atoms with Crippen LogP contribution in [0, 0.1) is 0 Å². The summed E-state index contributed by atoms with van der Waals surface area (Å²) in [5.41, 5.74) is 0.874. The van der Waals surface area contributed by atoms with E-state index in [0.29, 0.717) is 36.0 Å². The monoisotopic (exact) mass is 312 g/mol. The van der Waals surface area contributed by atoms with Crippen molar-refractivity contribution >= 4 is 17.5 Å². The molecular weight excluding hydrogens is 292 g/mol. The topological polar surface area (TPSA) is 59.6 Å². The third-order valence-corrected chi connectivity index (χ3v) is 3.65. The highest BCUT2D eigenvalue weighted by molar-refractivity contribution is 6.30. The first-order chi connectivity index (χ1) is 10.2. The molecule has 1 amide bonds. The van der Waals surface area contributed by atoms with Crippen LogP contribution in [0.4, 0.5) is 0 Å². The summed E-state index contributed by atoms with van der Waals surface area (Å²) < 4.78 is 11.3. The molecule has 116 valence electrons. The van der Waals surface area contributed by atoms with E-state index in [0.717, 1.165) is 18.4 Å². The number of rotatable bonds is 5. The molecule has 0 radical (unpaired) electrons. The Labute approximate surface area is 130 Å². The zero-order valence-electron chi connectivity index (χ0n) is 12.4. The second-order valence-corrected chi connectivity index (χ2v) is 5.46. The summed E-state index contributed by atoms with van der Waals surface area (Å²) in [5.74, 6) is 1.06. The number of benzene rings is 1. The van der Waals surface area contributed by atoms with Crippen LogP contribution in [0.1, 0.15) is 24.8 Å². The van der Waals surface area contributed by atoms with Crippen LogP contribution in [-0.2, 0) is 11.3 Å². The lowest BCUT2D eigenvalue weighted by atomic mass is 10.1. The molecule has 1 fully saturated rings. The van der Waals surface area contributed by atoms with Gasteiger partial charge in [0.05, 0.1) is 7.11 Å². The van der Waals surface area contributed by atoms with Crippen molar-refractivity contribution < 1.29 is 14.3 Å². The number of methoxy groups -OCH3 is 1. The molecule has 1 aliphatic heterocycles. The first-order valence-corrected chi connectivity index (χ1v) is 7.49. The fourth-order valence-corrected chi connectivity index (χ4v) is 2.63. The molecule has 2 N–H and O–H groups in total. The average molecular weight is 313 g/mol. The lowest BCUT2D eigenvalue weighted by molar-refractivity contribution is -0.127. The van der Waals surface area contributed by atoms with Gasteiger partial charge in [-0.3, -0.25) is 4.79 Å². The van der Waals surface area contributed by atoms with Gasteiger partial charge in [0.15, 0.2) is 17.6 Å². The largest absolute Gasteiger partial charge is 0.493 e. The molecular formula is C15H21ClN2O3. The Hall–Kier alpha value is -1.46. The molecule has 2 rings (SSSR count). The molecule has 0 saturated carbocycles. The third-order valence-electron chi connectivity index (χ3n) is 3.43. The van der Waals surface area contributed by atoms with Gasteiger partial charge in [0.25, 0.3) is 5.91 Å². The normalized spacial score (nSPS) is 18.8. The van der Waals surface area contributed by atoms with Crippen molar-refractivity contribution in [3.05, 3.63) is 22.7 Å². The highest BCUT2D eigenvalue weighted by Crippen LogP contribution is 2.36. The molecule has 0 bridgehead atoms. The Morgan fingerprint density at radius 1 is 1.43 bits per heavy atom. The van der Waals surface area contributed by atoms with E-state index in [4.69, 9.17) is 21.1 Å². The molecule has 21 heavy (non-hydrogen) atoms. The second-order valence-electron chi connectivity index (χ2n) is 5.02. The number of carbonyl (C=O) groups excluding carboxylic acids is 1. The first kappa shape index (κ1) is 15.9. The number of ether oxygens (including phenoxy) is 2. The van der Waals surface area contributed by atoms with Crippen LogP contribution in [0.25, 0.3) is 0 Å². The highest BCUT2D eigenvalue weighted by Gasteiger charge is 2.25. The molecule has 0 spiro atoms. The molecule has 1 saturated heterocycles. The van der Waals surface area contributed by atoms with Gasteiger partial charge in [0.2, 0.25) is 0 Å². The molecule has 1 aliphatic rings. The van der Waals surface area contributed by atoms with E-state index in [2.05, 4.69) is 10.6 Å². The summed E-state index contributed by atoms with van der Waals surface area (Å²) in [5, 5.41) is 6.52. The molecule has 1 heterocycles. The van der Waals surface area contributed by atoms with Crippen LogP contribution in [0.15, 0.2) is 12.1 Å². The van der Waals surface area contributed by atoms with Crippen LogP contribution >= 0.6 is 11.6 Å². The second kappa shape index (κ2) is 7.52. The lowest BCUT2D eigenvalue weighted by Gasteiger charge is -2.21. The summed E-state index contributed by atoms with van der Waals surface area (Å²) in [6.07, 6.45) is 2.16. The van der Waals surface area contributed by atoms with Crippen molar-refractivity contribution in [1.82, 2.24) is 10.6 Å². The third kappa shape index (κ3) is 4.02. The smallest absolute Gasteiger partial charge is 0.261 e. The van der Waals surface area contributed by atoms with Gasteiger partial charge in [-0.25, -0.2) is 0 Å². The average Bonchev–Trinajstić information content (AvgIpc) is 2.66. The number of nitrogens with one attached hydrogen (secondary N) is 2. The van der Waals surface area contributed by atoms with Gasteiger partial charge < -0.3 is 20.1 Å². The van der Waals surface area contributed by atoms with Crippen LogP contribution in [0.2, 0.25) is 5.02 Å². The quantitative estimate of drug-likeness (QED) is 0.874. The minimum absolute atomic E-state index is 0.0695. The Balaban J connectivity index is 2.29. The van der Waals surface area contributed by atoms with Gasteiger partial charge in [0, 0.05) is 29.7 Å². The van der Waals surface area contributed by atoms with E-state index in [9.17, 15) is 4.79 Å². The van der Waals surface area contributed by atoms with Crippen molar-refractivity contribution in [3.8, 4) is 11.5 Å². The number of hydrogen-bond donors (Lipinski definition) is 2. The van der Waals surface area contributed by atoms with E-state index in [1.807, 2.05) is 13.1 Å². The molecule has 5 nitrogen and oxygen atoms in total. The highest BCUT2D eigenvalue weighted by atomic mass is 35.5. The fourth-order valence-electron chi connectivity index (χ4n) is 2.40. The predicted octanol–water partition coefficient (Wildman–Crippen LogP) is 2.12. The van der Waals surface area contributed by atoms with Gasteiger partial charge in [-0.15, -0.1) is 0 Å². The Bertz CT molecular complexity index is 508. The summed E-state index contributed by atoms with van der Waals surface area (Å²) >= 11 is 6.09. The Kier molecular flexibility index (Phi) is 5.70. The van der Waals surface area contributed by atoms with Crippen molar-refractivity contribution in [3.63, 3.8) is 0 Å². The molecule has 1 aromatic rings. The molecule has 6 heteroatoms. The van der Waals surface area contributed by atoms with Gasteiger partial charge in [-0.05, 0) is 32.4 Å². The van der Waals surface area contributed by atoms with Gasteiger partial charge in [-0.2, -0.15) is 0 Å². The first-order valence-electron chi connectivity index (χ1n) is 7.11. The molecule has 1 unspecified atom stereocenters. The van der Waals surface area contributed by atoms with Crippen LogP contribution in [-0.4, -0.2) is 32.7 Å². The van der Waals surface area contributed by atoms with Crippen LogP contribution < -0.4 is 20.1 Å². The minimum Gasteiger partial charge on any atom is -0.493 e. The van der Waals surface area contributed by atoms with Gasteiger partial charge in [0.1, 0.15) is 0 Å². The summed E-state index contributed by atoms with van der Waals surface area (Å²) in [7, 11) is 3.41. The summed E-state index contributed by atoms with van der Waals surface area (Å²) in [6, 6.07) is 3.52. The van der Waals surface area contributed by atoms with E-state index >= 15 is 0 Å². The van der Waals surface area contributed by atoms with E-state index in [1.54, 1.807) is 13.2 Å². The van der Waals surface area contributed by atoms with Gasteiger partial charge in [-0.1, -0.05) is 11.6 Å². The molecule has 0 aromatic heterocycles. The van der Waals surface area contributed by atoms with Crippen LogP contribution in [0.5, 0.6) is 11.5 Å². The Morgan fingerprint density at radius 2 is 2.24 bits per heavy atom. The van der Waals surface area contributed by atoms with Crippen molar-refractivity contribution in [1.29, 1.82) is 0 Å². The Morgan fingerprint density at radius 3 is 2.95 bits per heavy atom. The summed E-state index contributed by atoms with van der Waals surface area (Å²) in [4.78, 5) is 12.0.